The second-order valence-corrected chi connectivity index (χ2v) is 5.07. The van der Waals surface area contributed by atoms with Crippen LogP contribution < -0.4 is 0 Å². The molecule has 0 aliphatic carbocycles. The maximum atomic E-state index is 4.23. The van der Waals surface area contributed by atoms with E-state index in [0.29, 0.717) is 0 Å². The normalized spacial score (nSPS) is 13.4. The van der Waals surface area contributed by atoms with Crippen LogP contribution in [-0.2, 0) is 0 Å². The van der Waals surface area contributed by atoms with Gasteiger partial charge in [-0.1, -0.05) is 6.07 Å². The number of hydrogen-bond acceptors (Lipinski definition) is 3. The highest BCUT2D eigenvalue weighted by Crippen LogP contribution is 2.36. The van der Waals surface area contributed by atoms with Crippen molar-refractivity contribution >= 4 is 45.5 Å². The van der Waals surface area contributed by atoms with E-state index in [-0.39, 0.29) is 0 Å². The molecule has 3 heteroatoms. The summed E-state index contributed by atoms with van der Waals surface area (Å²) < 4.78 is 1.38. The van der Waals surface area contributed by atoms with E-state index < -0.39 is 0 Å². The Morgan fingerprint density at radius 1 is 1.27 bits per heavy atom. The van der Waals surface area contributed by atoms with Crippen LogP contribution in [0.1, 0.15) is 11.1 Å². The Morgan fingerprint density at radius 2 is 2.20 bits per heavy atom. The highest BCUT2D eigenvalue weighted by molar-refractivity contribution is 7.99. The van der Waals surface area contributed by atoms with Crippen molar-refractivity contribution in [1.29, 1.82) is 0 Å². The van der Waals surface area contributed by atoms with Crippen LogP contribution in [0.15, 0.2) is 33.6 Å². The molecule has 0 radical (unpaired) electrons. The van der Waals surface area contributed by atoms with Crippen LogP contribution in [-0.4, -0.2) is 12.5 Å². The Labute approximate surface area is 96.5 Å². The average molecular weight is 231 g/mol. The lowest BCUT2D eigenvalue weighted by Crippen LogP contribution is -1.80. The van der Waals surface area contributed by atoms with Crippen LogP contribution in [0.4, 0.5) is 0 Å². The Balaban J connectivity index is 2.47. The minimum Gasteiger partial charge on any atom is -0.264 e. The highest BCUT2D eigenvalue weighted by atomic mass is 32.2. The first-order valence-electron chi connectivity index (χ1n) is 4.68. The predicted octanol–water partition coefficient (Wildman–Crippen LogP) is 4.03. The van der Waals surface area contributed by atoms with E-state index in [1.165, 1.54) is 26.1 Å². The lowest BCUT2D eigenvalue weighted by atomic mass is 10.1. The predicted molar refractivity (Wildman–Crippen MR) is 70.2 cm³/mol. The number of rotatable bonds is 1. The van der Waals surface area contributed by atoms with Gasteiger partial charge >= 0.3 is 0 Å². The summed E-state index contributed by atoms with van der Waals surface area (Å²) in [6.07, 6.45) is 8.00. The van der Waals surface area contributed by atoms with Gasteiger partial charge in [-0.15, -0.1) is 23.1 Å². The molecule has 2 aromatic rings. The zero-order valence-corrected chi connectivity index (χ0v) is 9.86. The second-order valence-electron chi connectivity index (χ2n) is 3.35. The molecule has 0 unspecified atom stereocenters. The minimum atomic E-state index is 1.24. The van der Waals surface area contributed by atoms with Gasteiger partial charge in [0.15, 0.2) is 0 Å². The van der Waals surface area contributed by atoms with Gasteiger partial charge in [0, 0.05) is 38.3 Å². The largest absolute Gasteiger partial charge is 0.264 e. The van der Waals surface area contributed by atoms with Crippen molar-refractivity contribution in [3.63, 3.8) is 0 Å². The molecule has 15 heavy (non-hydrogen) atoms. The van der Waals surface area contributed by atoms with Crippen molar-refractivity contribution in [2.45, 2.75) is 4.90 Å². The molecule has 1 aromatic heterocycles. The van der Waals surface area contributed by atoms with E-state index in [1.54, 1.807) is 11.8 Å². The number of hydrogen-bond donors (Lipinski definition) is 0. The minimum absolute atomic E-state index is 1.24. The van der Waals surface area contributed by atoms with Crippen LogP contribution >= 0.6 is 23.1 Å². The zero-order chi connectivity index (χ0) is 10.3. The Hall–Kier alpha value is -1.06. The van der Waals surface area contributed by atoms with E-state index in [1.807, 2.05) is 23.8 Å². The Bertz CT molecular complexity index is 579. The van der Waals surface area contributed by atoms with Gasteiger partial charge in [0.2, 0.25) is 0 Å². The summed E-state index contributed by atoms with van der Waals surface area (Å²) in [5, 5.41) is 3.54. The van der Waals surface area contributed by atoms with Gasteiger partial charge in [0.05, 0.1) is 0 Å². The summed E-state index contributed by atoms with van der Waals surface area (Å²) in [4.78, 5) is 5.59. The van der Waals surface area contributed by atoms with E-state index in [4.69, 9.17) is 0 Å². The molecule has 1 nitrogen and oxygen atoms in total. The number of thiophene rings is 1. The standard InChI is InChI=1S/C12H9NS2/c1-14-10-3-2-8-4-5-13-6-9-7-15-12(10)11(8)9/h2-7H,1H3. The molecular formula is C12H9NS2. The van der Waals surface area contributed by atoms with E-state index >= 15 is 0 Å². The fraction of sp³-hybridized carbons (Fsp3) is 0.0833. The van der Waals surface area contributed by atoms with Crippen LogP contribution in [0, 0.1) is 0 Å². The third-order valence-electron chi connectivity index (χ3n) is 2.52. The van der Waals surface area contributed by atoms with E-state index in [0.717, 1.165) is 0 Å². The fourth-order valence-electron chi connectivity index (χ4n) is 1.82. The van der Waals surface area contributed by atoms with Gasteiger partial charge in [-0.3, -0.25) is 4.99 Å². The van der Waals surface area contributed by atoms with E-state index in [2.05, 4.69) is 34.8 Å². The van der Waals surface area contributed by atoms with Gasteiger partial charge in [-0.05, 0) is 24.0 Å². The van der Waals surface area contributed by atoms with Crippen molar-refractivity contribution in [2.75, 3.05) is 6.26 Å². The molecule has 2 heterocycles. The second kappa shape index (κ2) is 3.51. The molecule has 0 N–H and O–H groups in total. The molecule has 0 amide bonds. The van der Waals surface area contributed by atoms with Gasteiger partial charge in [-0.25, -0.2) is 0 Å². The summed E-state index contributed by atoms with van der Waals surface area (Å²) in [6, 6.07) is 4.37. The lowest BCUT2D eigenvalue weighted by Gasteiger charge is -2.02. The Morgan fingerprint density at radius 3 is 3.07 bits per heavy atom. The summed E-state index contributed by atoms with van der Waals surface area (Å²) in [6.45, 7) is 0. The molecule has 1 aliphatic rings. The van der Waals surface area contributed by atoms with Crippen LogP contribution in [0.3, 0.4) is 0 Å². The number of nitrogens with zero attached hydrogens (tertiary/aromatic N) is 1. The van der Waals surface area contributed by atoms with Crippen molar-refractivity contribution in [1.82, 2.24) is 0 Å². The van der Waals surface area contributed by atoms with Crippen LogP contribution in [0.2, 0.25) is 0 Å². The van der Waals surface area contributed by atoms with E-state index in [9.17, 15) is 0 Å². The molecule has 0 fully saturated rings. The zero-order valence-electron chi connectivity index (χ0n) is 8.23. The number of benzene rings is 1. The molecule has 1 aliphatic heterocycles. The average Bonchev–Trinajstić information content (AvgIpc) is 2.57. The third-order valence-corrected chi connectivity index (χ3v) is 4.46. The van der Waals surface area contributed by atoms with Crippen molar-refractivity contribution in [3.05, 3.63) is 34.8 Å². The van der Waals surface area contributed by atoms with Gasteiger partial charge in [0.25, 0.3) is 0 Å². The first-order chi connectivity index (χ1) is 7.40. The maximum absolute atomic E-state index is 4.23. The molecule has 74 valence electrons. The summed E-state index contributed by atoms with van der Waals surface area (Å²) >= 11 is 3.61. The van der Waals surface area contributed by atoms with Gasteiger partial charge in [0.1, 0.15) is 0 Å². The molecule has 0 saturated heterocycles. The first kappa shape index (κ1) is 9.19. The van der Waals surface area contributed by atoms with Crippen molar-refractivity contribution in [3.8, 4) is 0 Å². The molecule has 1 aromatic carbocycles. The molecule has 0 bridgehead atoms. The topological polar surface area (TPSA) is 12.4 Å². The molecule has 0 saturated carbocycles. The molecule has 0 spiro atoms. The first-order valence-corrected chi connectivity index (χ1v) is 6.78. The summed E-state index contributed by atoms with van der Waals surface area (Å²) in [7, 11) is 0. The van der Waals surface area contributed by atoms with Gasteiger partial charge in [-0.2, -0.15) is 0 Å². The van der Waals surface area contributed by atoms with Crippen LogP contribution in [0.25, 0.3) is 16.2 Å². The summed E-state index contributed by atoms with van der Waals surface area (Å²) in [5.41, 5.74) is 2.52. The quantitative estimate of drug-likeness (QED) is 0.675. The van der Waals surface area contributed by atoms with Crippen LogP contribution in [0.5, 0.6) is 0 Å². The monoisotopic (exact) mass is 231 g/mol. The number of thioether (sulfide) groups is 1. The third kappa shape index (κ3) is 1.34. The SMILES string of the molecule is CSc1ccc2c3c(csc13)C=NC=C2. The van der Waals surface area contributed by atoms with Crippen molar-refractivity contribution in [2.24, 2.45) is 4.99 Å². The Kier molecular flexibility index (Phi) is 2.15. The summed E-state index contributed by atoms with van der Waals surface area (Å²) in [5.74, 6) is 0. The van der Waals surface area contributed by atoms with Crippen molar-refractivity contribution < 1.29 is 0 Å². The smallest absolute Gasteiger partial charge is 0.0491 e. The fourth-order valence-corrected chi connectivity index (χ4v) is 3.66. The molecule has 3 rings (SSSR count). The molecular weight excluding hydrogens is 222 g/mol. The lowest BCUT2D eigenvalue weighted by molar-refractivity contribution is 1.57. The molecule has 0 atom stereocenters. The number of aliphatic imine (C=N–C) groups is 1. The van der Waals surface area contributed by atoms with Gasteiger partial charge < -0.3 is 0 Å². The highest BCUT2D eigenvalue weighted by Gasteiger charge is 2.10. The maximum Gasteiger partial charge on any atom is 0.0491 e.